The second-order valence-corrected chi connectivity index (χ2v) is 7.51. The summed E-state index contributed by atoms with van der Waals surface area (Å²) in [5, 5.41) is 7.05. The lowest BCUT2D eigenvalue weighted by Crippen LogP contribution is -2.51. The van der Waals surface area contributed by atoms with Crippen molar-refractivity contribution < 1.29 is 9.59 Å². The van der Waals surface area contributed by atoms with Crippen LogP contribution in [-0.4, -0.2) is 55.1 Å². The van der Waals surface area contributed by atoms with Crippen molar-refractivity contribution in [3.8, 4) is 5.69 Å². The third kappa shape index (κ3) is 6.28. The number of nitrogens with two attached hydrogens (primary N) is 1. The highest BCUT2D eigenvalue weighted by molar-refractivity contribution is 5.90. The van der Waals surface area contributed by atoms with Crippen molar-refractivity contribution in [2.24, 2.45) is 5.73 Å². The van der Waals surface area contributed by atoms with Crippen molar-refractivity contribution in [3.05, 3.63) is 72.6 Å². The van der Waals surface area contributed by atoms with Crippen LogP contribution < -0.4 is 11.1 Å². The first-order valence-electron chi connectivity index (χ1n) is 10.3. The minimum absolute atomic E-state index is 0. The summed E-state index contributed by atoms with van der Waals surface area (Å²) in [6, 6.07) is 12.1. The molecule has 0 saturated carbocycles. The number of hydrogen-bond donors (Lipinski definition) is 2. The van der Waals surface area contributed by atoms with Crippen molar-refractivity contribution >= 4 is 36.6 Å². The predicted molar refractivity (Wildman–Crippen MR) is 128 cm³/mol. The van der Waals surface area contributed by atoms with Gasteiger partial charge in [-0.2, -0.15) is 5.10 Å². The Labute approximate surface area is 204 Å². The van der Waals surface area contributed by atoms with E-state index in [2.05, 4.69) is 20.4 Å². The maximum Gasteiger partial charge on any atom is 0.243 e. The number of rotatable bonds is 7. The third-order valence-corrected chi connectivity index (χ3v) is 5.42. The molecule has 3 aromatic rings. The maximum absolute atomic E-state index is 12.9. The van der Waals surface area contributed by atoms with Gasteiger partial charge in [-0.15, -0.1) is 24.8 Å². The summed E-state index contributed by atoms with van der Waals surface area (Å²) in [4.78, 5) is 35.8. The average Bonchev–Trinajstić information content (AvgIpc) is 3.50. The fourth-order valence-electron chi connectivity index (χ4n) is 3.87. The maximum atomic E-state index is 12.9. The number of nitrogens with zero attached hydrogens (tertiary/aromatic N) is 5. The van der Waals surface area contributed by atoms with E-state index in [9.17, 15) is 9.59 Å². The number of pyridine rings is 1. The molecule has 0 aliphatic carbocycles. The molecule has 11 heteroatoms. The standard InChI is InChI=1S/C22H25N7O2.2ClH/c23-17(12-16-6-2-1-3-7-16)22(31)28-11-5-9-20(28)21(30)26-13-18-19(8-4-10-25-18)29-15-24-14-27-29;;/h1-4,6-8,10,14-15,17,20H,5,9,11-13,23H2,(H,26,30);2*1H/t17-,20+;;/m1../s1. The Kier molecular flexibility index (Phi) is 9.77. The molecule has 0 bridgehead atoms. The van der Waals surface area contributed by atoms with Crippen molar-refractivity contribution in [2.45, 2.75) is 37.9 Å². The Balaban J connectivity index is 0.00000193. The molecule has 1 saturated heterocycles. The van der Waals surface area contributed by atoms with Crippen LogP contribution in [0.2, 0.25) is 0 Å². The van der Waals surface area contributed by atoms with Gasteiger partial charge < -0.3 is 16.0 Å². The summed E-state index contributed by atoms with van der Waals surface area (Å²) >= 11 is 0. The first kappa shape index (κ1) is 26.2. The van der Waals surface area contributed by atoms with E-state index in [0.717, 1.165) is 17.7 Å². The lowest BCUT2D eigenvalue weighted by atomic mass is 10.1. The van der Waals surface area contributed by atoms with Crippen molar-refractivity contribution in [1.29, 1.82) is 0 Å². The van der Waals surface area contributed by atoms with Crippen LogP contribution in [0.1, 0.15) is 24.1 Å². The molecule has 0 radical (unpaired) electrons. The van der Waals surface area contributed by atoms with E-state index in [1.165, 1.54) is 6.33 Å². The number of likely N-dealkylation sites (tertiary alicyclic amines) is 1. The lowest BCUT2D eigenvalue weighted by Gasteiger charge is -2.26. The Morgan fingerprint density at radius 3 is 2.67 bits per heavy atom. The highest BCUT2D eigenvalue weighted by atomic mass is 35.5. The number of benzene rings is 1. The Bertz CT molecular complexity index is 1030. The van der Waals surface area contributed by atoms with Gasteiger partial charge in [0.05, 0.1) is 24.0 Å². The molecule has 9 nitrogen and oxygen atoms in total. The van der Waals surface area contributed by atoms with Gasteiger partial charge in [0.15, 0.2) is 0 Å². The van der Waals surface area contributed by atoms with Crippen LogP contribution in [0, 0.1) is 0 Å². The topological polar surface area (TPSA) is 119 Å². The quantitative estimate of drug-likeness (QED) is 0.518. The second-order valence-electron chi connectivity index (χ2n) is 7.51. The molecule has 3 N–H and O–H groups in total. The molecule has 176 valence electrons. The zero-order valence-corrected chi connectivity index (χ0v) is 19.5. The van der Waals surface area contributed by atoms with Crippen LogP contribution in [0.5, 0.6) is 0 Å². The van der Waals surface area contributed by atoms with Crippen molar-refractivity contribution in [3.63, 3.8) is 0 Å². The van der Waals surface area contributed by atoms with Gasteiger partial charge in [-0.3, -0.25) is 14.6 Å². The van der Waals surface area contributed by atoms with Crippen LogP contribution in [0.25, 0.3) is 5.69 Å². The summed E-state index contributed by atoms with van der Waals surface area (Å²) in [5.74, 6) is -0.393. The van der Waals surface area contributed by atoms with E-state index in [1.54, 1.807) is 28.2 Å². The van der Waals surface area contributed by atoms with E-state index >= 15 is 0 Å². The summed E-state index contributed by atoms with van der Waals surface area (Å²) in [7, 11) is 0. The molecule has 0 spiro atoms. The van der Waals surface area contributed by atoms with Gasteiger partial charge in [-0.25, -0.2) is 9.67 Å². The summed E-state index contributed by atoms with van der Waals surface area (Å²) in [6.07, 6.45) is 6.52. The molecule has 4 rings (SSSR count). The van der Waals surface area contributed by atoms with Gasteiger partial charge in [0.25, 0.3) is 0 Å². The van der Waals surface area contributed by atoms with Crippen LogP contribution >= 0.6 is 24.8 Å². The first-order chi connectivity index (χ1) is 15.1. The van der Waals surface area contributed by atoms with E-state index in [4.69, 9.17) is 5.73 Å². The molecule has 1 aliphatic rings. The monoisotopic (exact) mass is 491 g/mol. The van der Waals surface area contributed by atoms with Crippen molar-refractivity contribution in [1.82, 2.24) is 30.0 Å². The zero-order chi connectivity index (χ0) is 21.6. The number of carbonyl (C=O) groups is 2. The molecule has 1 fully saturated rings. The minimum atomic E-state index is -0.675. The summed E-state index contributed by atoms with van der Waals surface area (Å²) in [6.45, 7) is 0.761. The fraction of sp³-hybridized carbons (Fsp3) is 0.318. The molecule has 1 aromatic carbocycles. The highest BCUT2D eigenvalue weighted by Gasteiger charge is 2.36. The smallest absolute Gasteiger partial charge is 0.243 e. The summed E-state index contributed by atoms with van der Waals surface area (Å²) < 4.78 is 1.60. The van der Waals surface area contributed by atoms with Gasteiger partial charge in [-0.1, -0.05) is 30.3 Å². The summed E-state index contributed by atoms with van der Waals surface area (Å²) in [5.41, 5.74) is 8.59. The fourth-order valence-corrected chi connectivity index (χ4v) is 3.87. The number of halogens is 2. The highest BCUT2D eigenvalue weighted by Crippen LogP contribution is 2.19. The van der Waals surface area contributed by atoms with Gasteiger partial charge in [0, 0.05) is 12.7 Å². The molecule has 1 aliphatic heterocycles. The molecule has 3 heterocycles. The van der Waals surface area contributed by atoms with E-state index in [1.807, 2.05) is 36.4 Å². The van der Waals surface area contributed by atoms with Gasteiger partial charge >= 0.3 is 0 Å². The largest absolute Gasteiger partial charge is 0.349 e. The van der Waals surface area contributed by atoms with Crippen LogP contribution in [0.3, 0.4) is 0 Å². The van der Waals surface area contributed by atoms with E-state index in [0.29, 0.717) is 25.1 Å². The first-order valence-corrected chi connectivity index (χ1v) is 10.3. The molecular weight excluding hydrogens is 465 g/mol. The van der Waals surface area contributed by atoms with E-state index in [-0.39, 0.29) is 43.2 Å². The second kappa shape index (κ2) is 12.3. The molecule has 2 atom stereocenters. The number of hydrogen-bond acceptors (Lipinski definition) is 6. The van der Waals surface area contributed by atoms with Gasteiger partial charge in [0.1, 0.15) is 18.7 Å². The Morgan fingerprint density at radius 2 is 1.94 bits per heavy atom. The van der Waals surface area contributed by atoms with E-state index < -0.39 is 12.1 Å². The molecule has 0 unspecified atom stereocenters. The predicted octanol–water partition coefficient (Wildman–Crippen LogP) is 1.68. The third-order valence-electron chi connectivity index (χ3n) is 5.42. The molecular formula is C22H27Cl2N7O2. The molecule has 2 amide bonds. The number of amides is 2. The Hall–Kier alpha value is -3.01. The Morgan fingerprint density at radius 1 is 1.15 bits per heavy atom. The van der Waals surface area contributed by atoms with Crippen LogP contribution in [0.4, 0.5) is 0 Å². The molecule has 2 aromatic heterocycles. The lowest BCUT2D eigenvalue weighted by molar-refractivity contribution is -0.139. The normalized spacial score (nSPS) is 15.8. The van der Waals surface area contributed by atoms with Crippen LogP contribution in [-0.2, 0) is 22.6 Å². The van der Waals surface area contributed by atoms with Gasteiger partial charge in [-0.05, 0) is 37.0 Å². The number of aromatic nitrogens is 4. The average molecular weight is 492 g/mol. The SMILES string of the molecule is Cl.Cl.N[C@H](Cc1ccccc1)C(=O)N1CCC[C@H]1C(=O)NCc1ncccc1-n1cncn1. The number of nitrogens with one attached hydrogen (secondary N) is 1. The zero-order valence-electron chi connectivity index (χ0n) is 17.9. The molecule has 33 heavy (non-hydrogen) atoms. The number of carbonyl (C=O) groups excluding carboxylic acids is 2. The van der Waals surface area contributed by atoms with Crippen molar-refractivity contribution in [2.75, 3.05) is 6.54 Å². The van der Waals surface area contributed by atoms with Crippen LogP contribution in [0.15, 0.2) is 61.3 Å². The minimum Gasteiger partial charge on any atom is -0.349 e. The van der Waals surface area contributed by atoms with Gasteiger partial charge in [0.2, 0.25) is 11.8 Å².